The van der Waals surface area contributed by atoms with Gasteiger partial charge < -0.3 is 10.8 Å². The summed E-state index contributed by atoms with van der Waals surface area (Å²) in [5.74, 6) is -1.35. The van der Waals surface area contributed by atoms with Crippen LogP contribution in [0.25, 0.3) is 0 Å². The van der Waals surface area contributed by atoms with Gasteiger partial charge in [-0.05, 0) is 19.8 Å². The highest BCUT2D eigenvalue weighted by Gasteiger charge is 2.32. The van der Waals surface area contributed by atoms with Crippen molar-refractivity contribution in [3.05, 3.63) is 0 Å². The maximum absolute atomic E-state index is 11.6. The zero-order chi connectivity index (χ0) is 12.3. The Morgan fingerprint density at radius 3 is 2.50 bits per heavy atom. The van der Waals surface area contributed by atoms with Gasteiger partial charge in [0.05, 0.1) is 0 Å². The summed E-state index contributed by atoms with van der Waals surface area (Å²) in [6.07, 6.45) is 3.36. The van der Waals surface area contributed by atoms with E-state index in [2.05, 4.69) is 4.72 Å². The van der Waals surface area contributed by atoms with Crippen LogP contribution in [0.2, 0.25) is 0 Å². The summed E-state index contributed by atoms with van der Waals surface area (Å²) in [6.45, 7) is 1.15. The van der Waals surface area contributed by atoms with Crippen molar-refractivity contribution in [1.29, 1.82) is 0 Å². The van der Waals surface area contributed by atoms with Crippen molar-refractivity contribution in [2.24, 2.45) is 5.73 Å². The molecule has 0 spiro atoms. The molecule has 0 aliphatic heterocycles. The predicted molar refractivity (Wildman–Crippen MR) is 59.4 cm³/mol. The van der Waals surface area contributed by atoms with E-state index in [1.807, 2.05) is 0 Å². The summed E-state index contributed by atoms with van der Waals surface area (Å²) >= 11 is 0. The van der Waals surface area contributed by atoms with Gasteiger partial charge in [-0.1, -0.05) is 12.8 Å². The monoisotopic (exact) mass is 250 g/mol. The molecule has 0 saturated heterocycles. The van der Waals surface area contributed by atoms with Crippen molar-refractivity contribution < 1.29 is 18.3 Å². The Kier molecular flexibility index (Phi) is 4.28. The molecule has 3 unspecified atom stereocenters. The summed E-state index contributed by atoms with van der Waals surface area (Å²) < 4.78 is 25.7. The van der Waals surface area contributed by atoms with Gasteiger partial charge in [-0.25, -0.2) is 13.1 Å². The fourth-order valence-electron chi connectivity index (χ4n) is 1.75. The molecule has 0 bridgehead atoms. The molecule has 1 aliphatic carbocycles. The van der Waals surface area contributed by atoms with Gasteiger partial charge in [0.15, 0.2) is 5.25 Å². The number of sulfonamides is 1. The van der Waals surface area contributed by atoms with Crippen LogP contribution in [0.4, 0.5) is 0 Å². The van der Waals surface area contributed by atoms with Crippen LogP contribution in [-0.4, -0.2) is 36.8 Å². The molecule has 6 nitrogen and oxygen atoms in total. The van der Waals surface area contributed by atoms with Crippen LogP contribution < -0.4 is 10.5 Å². The van der Waals surface area contributed by atoms with Crippen molar-refractivity contribution in [1.82, 2.24) is 4.72 Å². The van der Waals surface area contributed by atoms with Crippen molar-refractivity contribution in [3.8, 4) is 0 Å². The lowest BCUT2D eigenvalue weighted by Gasteiger charge is -2.29. The molecule has 0 aromatic rings. The predicted octanol–water partition coefficient (Wildman–Crippen LogP) is -0.351. The van der Waals surface area contributed by atoms with E-state index in [-0.39, 0.29) is 12.1 Å². The molecule has 16 heavy (non-hydrogen) atoms. The molecule has 0 aromatic carbocycles. The molecule has 1 aliphatic rings. The molecule has 1 fully saturated rings. The van der Waals surface area contributed by atoms with E-state index < -0.39 is 21.2 Å². The molecule has 0 aromatic heterocycles. The number of carboxylic acids is 1. The number of carboxylic acid groups (broad SMARTS) is 1. The normalized spacial score (nSPS) is 28.6. The Bertz CT molecular complexity index is 355. The third-order valence-corrected chi connectivity index (χ3v) is 4.71. The van der Waals surface area contributed by atoms with Gasteiger partial charge in [0.25, 0.3) is 0 Å². The second kappa shape index (κ2) is 5.11. The summed E-state index contributed by atoms with van der Waals surface area (Å²) in [4.78, 5) is 10.6. The van der Waals surface area contributed by atoms with E-state index in [1.165, 1.54) is 0 Å². The summed E-state index contributed by atoms with van der Waals surface area (Å²) in [7, 11) is -3.82. The topological polar surface area (TPSA) is 109 Å². The van der Waals surface area contributed by atoms with Gasteiger partial charge in [-0.15, -0.1) is 0 Å². The maximum atomic E-state index is 11.6. The quantitative estimate of drug-likeness (QED) is 0.631. The van der Waals surface area contributed by atoms with Crippen LogP contribution >= 0.6 is 0 Å². The van der Waals surface area contributed by atoms with Crippen LogP contribution in [0.15, 0.2) is 0 Å². The van der Waals surface area contributed by atoms with E-state index in [1.54, 1.807) is 0 Å². The van der Waals surface area contributed by atoms with Crippen LogP contribution in [-0.2, 0) is 14.8 Å². The highest BCUT2D eigenvalue weighted by Crippen LogP contribution is 2.18. The molecule has 1 rings (SSSR count). The molecule has 4 N–H and O–H groups in total. The third kappa shape index (κ3) is 3.16. The first kappa shape index (κ1) is 13.4. The lowest BCUT2D eigenvalue weighted by atomic mass is 9.92. The largest absolute Gasteiger partial charge is 0.480 e. The number of hydrogen-bond donors (Lipinski definition) is 3. The van der Waals surface area contributed by atoms with Crippen molar-refractivity contribution in [3.63, 3.8) is 0 Å². The Labute approximate surface area is 95.3 Å². The zero-order valence-electron chi connectivity index (χ0n) is 9.22. The number of aliphatic carboxylic acids is 1. The van der Waals surface area contributed by atoms with E-state index in [9.17, 15) is 13.2 Å². The van der Waals surface area contributed by atoms with Gasteiger partial charge >= 0.3 is 5.97 Å². The number of hydrogen-bond acceptors (Lipinski definition) is 4. The SMILES string of the molecule is CC(C(=O)O)S(=O)(=O)NC1CCCCC1N. The Balaban J connectivity index is 2.68. The van der Waals surface area contributed by atoms with Crippen LogP contribution in [0, 0.1) is 0 Å². The van der Waals surface area contributed by atoms with Gasteiger partial charge in [0.2, 0.25) is 10.0 Å². The second-order valence-electron chi connectivity index (χ2n) is 4.20. The van der Waals surface area contributed by atoms with Crippen LogP contribution in [0.5, 0.6) is 0 Å². The Morgan fingerprint density at radius 2 is 2.00 bits per heavy atom. The van der Waals surface area contributed by atoms with E-state index in [0.29, 0.717) is 6.42 Å². The Hall–Kier alpha value is -0.660. The zero-order valence-corrected chi connectivity index (χ0v) is 10.0. The molecular weight excluding hydrogens is 232 g/mol. The van der Waals surface area contributed by atoms with Crippen molar-refractivity contribution in [2.75, 3.05) is 0 Å². The fraction of sp³-hybridized carbons (Fsp3) is 0.889. The summed E-state index contributed by atoms with van der Waals surface area (Å²) in [5, 5.41) is 7.22. The minimum Gasteiger partial charge on any atom is -0.480 e. The Morgan fingerprint density at radius 1 is 1.44 bits per heavy atom. The third-order valence-electron chi connectivity index (χ3n) is 2.95. The highest BCUT2D eigenvalue weighted by atomic mass is 32.2. The minimum atomic E-state index is -3.82. The van der Waals surface area contributed by atoms with Crippen LogP contribution in [0.1, 0.15) is 32.6 Å². The lowest BCUT2D eigenvalue weighted by Crippen LogP contribution is -2.52. The maximum Gasteiger partial charge on any atom is 0.323 e. The first-order valence-electron chi connectivity index (χ1n) is 5.34. The summed E-state index contributed by atoms with van der Waals surface area (Å²) in [5.41, 5.74) is 5.79. The smallest absolute Gasteiger partial charge is 0.323 e. The number of rotatable bonds is 4. The average Bonchev–Trinajstić information content (AvgIpc) is 2.20. The molecule has 0 heterocycles. The van der Waals surface area contributed by atoms with Gasteiger partial charge in [-0.2, -0.15) is 0 Å². The molecule has 0 radical (unpaired) electrons. The van der Waals surface area contributed by atoms with Crippen molar-refractivity contribution >= 4 is 16.0 Å². The number of nitrogens with one attached hydrogen (secondary N) is 1. The number of carbonyl (C=O) groups is 1. The molecule has 3 atom stereocenters. The van der Waals surface area contributed by atoms with Gasteiger partial charge in [0.1, 0.15) is 0 Å². The first-order valence-corrected chi connectivity index (χ1v) is 6.89. The van der Waals surface area contributed by atoms with Crippen LogP contribution in [0.3, 0.4) is 0 Å². The summed E-state index contributed by atoms with van der Waals surface area (Å²) in [6, 6.07) is -0.551. The molecule has 1 saturated carbocycles. The lowest BCUT2D eigenvalue weighted by molar-refractivity contribution is -0.136. The highest BCUT2D eigenvalue weighted by molar-refractivity contribution is 7.90. The van der Waals surface area contributed by atoms with E-state index in [4.69, 9.17) is 10.8 Å². The first-order chi connectivity index (χ1) is 7.34. The van der Waals surface area contributed by atoms with E-state index in [0.717, 1.165) is 26.2 Å². The van der Waals surface area contributed by atoms with Crippen molar-refractivity contribution in [2.45, 2.75) is 49.9 Å². The molecule has 7 heteroatoms. The van der Waals surface area contributed by atoms with Gasteiger partial charge in [-0.3, -0.25) is 4.79 Å². The molecular formula is C9H18N2O4S. The minimum absolute atomic E-state index is 0.218. The second-order valence-corrected chi connectivity index (χ2v) is 6.23. The molecule has 94 valence electrons. The fourth-order valence-corrected chi connectivity index (χ4v) is 2.94. The average molecular weight is 250 g/mol. The molecule has 0 amide bonds. The standard InChI is InChI=1S/C9H18N2O4S/c1-6(9(12)13)16(14,15)11-8-5-3-2-4-7(8)10/h6-8,11H,2-5,10H2,1H3,(H,12,13). The van der Waals surface area contributed by atoms with E-state index >= 15 is 0 Å². The van der Waals surface area contributed by atoms with Gasteiger partial charge in [0, 0.05) is 12.1 Å². The number of nitrogens with two attached hydrogens (primary N) is 1.